The fraction of sp³-hybridized carbons (Fsp3) is 0.300. The monoisotopic (exact) mass is 221 g/mol. The number of hydrogen-bond donors (Lipinski definition) is 1. The lowest BCUT2D eigenvalue weighted by atomic mass is 10.3. The normalized spacial score (nSPS) is 10.6. The number of anilines is 1. The van der Waals surface area contributed by atoms with Gasteiger partial charge in [-0.15, -0.1) is 0 Å². The Balaban J connectivity index is 2.34. The van der Waals surface area contributed by atoms with Crippen LogP contribution in [0.15, 0.2) is 22.6 Å². The summed E-state index contributed by atoms with van der Waals surface area (Å²) < 4.78 is 5.36. The minimum absolute atomic E-state index is 0.0165. The Morgan fingerprint density at radius 2 is 2.38 bits per heavy atom. The fourth-order valence-electron chi connectivity index (χ4n) is 1.34. The van der Waals surface area contributed by atoms with Crippen LogP contribution < -0.4 is 5.32 Å². The van der Waals surface area contributed by atoms with Crippen molar-refractivity contribution in [2.24, 2.45) is 0 Å². The number of aromatic nitrogens is 1. The predicted octanol–water partition coefficient (Wildman–Crippen LogP) is 2.56. The molecule has 0 bridgehead atoms. The predicted molar refractivity (Wildman–Crippen MR) is 59.4 cm³/mol. The molecule has 0 aliphatic carbocycles. The number of nitrogens with zero attached hydrogens (tertiary/aromatic N) is 2. The van der Waals surface area contributed by atoms with E-state index in [-0.39, 0.29) is 5.69 Å². The Morgan fingerprint density at radius 1 is 1.56 bits per heavy atom. The van der Waals surface area contributed by atoms with Gasteiger partial charge in [-0.2, -0.15) is 4.98 Å². The van der Waals surface area contributed by atoms with E-state index in [1.165, 1.54) is 12.1 Å². The number of non-ortho nitro benzene ring substituents is 1. The summed E-state index contributed by atoms with van der Waals surface area (Å²) in [5, 5.41) is 13.5. The maximum atomic E-state index is 10.6. The van der Waals surface area contributed by atoms with Gasteiger partial charge in [0.15, 0.2) is 5.58 Å². The first kappa shape index (κ1) is 10.4. The molecule has 2 aromatic rings. The van der Waals surface area contributed by atoms with Gasteiger partial charge in [-0.3, -0.25) is 10.1 Å². The number of hydrogen-bond acceptors (Lipinski definition) is 5. The van der Waals surface area contributed by atoms with Crippen LogP contribution in [0.4, 0.5) is 11.7 Å². The van der Waals surface area contributed by atoms with Crippen LogP contribution in [-0.2, 0) is 0 Å². The van der Waals surface area contributed by atoms with Crippen LogP contribution in [-0.4, -0.2) is 16.5 Å². The summed E-state index contributed by atoms with van der Waals surface area (Å²) in [5.41, 5.74) is 1.06. The first-order valence-corrected chi connectivity index (χ1v) is 4.99. The molecule has 0 aliphatic rings. The molecular formula is C10H11N3O3. The van der Waals surface area contributed by atoms with Crippen molar-refractivity contribution in [2.45, 2.75) is 13.3 Å². The van der Waals surface area contributed by atoms with E-state index in [0.29, 0.717) is 17.1 Å². The lowest BCUT2D eigenvalue weighted by molar-refractivity contribution is -0.384. The van der Waals surface area contributed by atoms with Gasteiger partial charge in [0.05, 0.1) is 4.92 Å². The number of nitro groups is 1. The molecule has 16 heavy (non-hydrogen) atoms. The highest BCUT2D eigenvalue weighted by atomic mass is 16.6. The highest BCUT2D eigenvalue weighted by Crippen LogP contribution is 2.23. The van der Waals surface area contributed by atoms with Gasteiger partial charge in [0.25, 0.3) is 11.7 Å². The van der Waals surface area contributed by atoms with Crippen molar-refractivity contribution in [3.05, 3.63) is 28.3 Å². The second kappa shape index (κ2) is 4.18. The molecule has 0 amide bonds. The minimum Gasteiger partial charge on any atom is -0.424 e. The van der Waals surface area contributed by atoms with Crippen LogP contribution in [0.25, 0.3) is 11.1 Å². The fourth-order valence-corrected chi connectivity index (χ4v) is 1.34. The SMILES string of the molecule is CCCNc1nc2cc([N+](=O)[O-])ccc2o1. The zero-order valence-corrected chi connectivity index (χ0v) is 8.77. The number of nitro benzene ring substituents is 1. The van der Waals surface area contributed by atoms with E-state index >= 15 is 0 Å². The maximum absolute atomic E-state index is 10.6. The van der Waals surface area contributed by atoms with Gasteiger partial charge in [0, 0.05) is 18.7 Å². The van der Waals surface area contributed by atoms with Crippen molar-refractivity contribution in [2.75, 3.05) is 11.9 Å². The van der Waals surface area contributed by atoms with Gasteiger partial charge in [-0.05, 0) is 12.5 Å². The van der Waals surface area contributed by atoms with Gasteiger partial charge in [0.1, 0.15) is 5.52 Å². The molecule has 0 unspecified atom stereocenters. The second-order valence-electron chi connectivity index (χ2n) is 3.35. The Morgan fingerprint density at radius 3 is 3.06 bits per heavy atom. The summed E-state index contributed by atoms with van der Waals surface area (Å²) in [6.45, 7) is 2.79. The standard InChI is InChI=1S/C10H11N3O3/c1-2-5-11-10-12-8-6-7(13(14)15)3-4-9(8)16-10/h3-4,6H,2,5H2,1H3,(H,11,12). The summed E-state index contributed by atoms with van der Waals surface area (Å²) in [6, 6.07) is 4.75. The summed E-state index contributed by atoms with van der Waals surface area (Å²) in [5.74, 6) is 0. The van der Waals surface area contributed by atoms with Crippen LogP contribution in [0.2, 0.25) is 0 Å². The Bertz CT molecular complexity index is 521. The van der Waals surface area contributed by atoms with Gasteiger partial charge in [-0.1, -0.05) is 6.92 Å². The molecule has 0 saturated heterocycles. The molecule has 0 atom stereocenters. The van der Waals surface area contributed by atoms with Crippen LogP contribution in [0, 0.1) is 10.1 Å². The number of benzene rings is 1. The molecule has 6 heteroatoms. The number of fused-ring (bicyclic) bond motifs is 1. The maximum Gasteiger partial charge on any atom is 0.295 e. The molecule has 0 spiro atoms. The van der Waals surface area contributed by atoms with Crippen LogP contribution in [0.5, 0.6) is 0 Å². The first-order chi connectivity index (χ1) is 7.70. The Kier molecular flexibility index (Phi) is 2.72. The smallest absolute Gasteiger partial charge is 0.295 e. The van der Waals surface area contributed by atoms with E-state index in [2.05, 4.69) is 10.3 Å². The lowest BCUT2D eigenvalue weighted by Crippen LogP contribution is -1.98. The highest BCUT2D eigenvalue weighted by Gasteiger charge is 2.10. The van der Waals surface area contributed by atoms with E-state index in [1.807, 2.05) is 6.92 Å². The topological polar surface area (TPSA) is 81.2 Å². The van der Waals surface area contributed by atoms with Crippen LogP contribution in [0.1, 0.15) is 13.3 Å². The third-order valence-electron chi connectivity index (χ3n) is 2.11. The third-order valence-corrected chi connectivity index (χ3v) is 2.11. The van der Waals surface area contributed by atoms with Gasteiger partial charge < -0.3 is 9.73 Å². The van der Waals surface area contributed by atoms with Crippen molar-refractivity contribution in [3.63, 3.8) is 0 Å². The molecule has 84 valence electrons. The van der Waals surface area contributed by atoms with Gasteiger partial charge in [0.2, 0.25) is 0 Å². The molecule has 1 N–H and O–H groups in total. The summed E-state index contributed by atoms with van der Waals surface area (Å²) in [4.78, 5) is 14.2. The molecular weight excluding hydrogens is 210 g/mol. The molecule has 0 fully saturated rings. The average molecular weight is 221 g/mol. The molecule has 0 saturated carbocycles. The first-order valence-electron chi connectivity index (χ1n) is 4.99. The van der Waals surface area contributed by atoms with Crippen molar-refractivity contribution in [1.29, 1.82) is 0 Å². The molecule has 0 aliphatic heterocycles. The van der Waals surface area contributed by atoms with E-state index in [4.69, 9.17) is 4.42 Å². The second-order valence-corrected chi connectivity index (χ2v) is 3.35. The van der Waals surface area contributed by atoms with Crippen molar-refractivity contribution in [1.82, 2.24) is 4.98 Å². The molecule has 1 heterocycles. The molecule has 1 aromatic carbocycles. The number of oxazole rings is 1. The molecule has 1 aromatic heterocycles. The third kappa shape index (κ3) is 1.95. The lowest BCUT2D eigenvalue weighted by Gasteiger charge is -1.94. The van der Waals surface area contributed by atoms with E-state index in [0.717, 1.165) is 13.0 Å². The highest BCUT2D eigenvalue weighted by molar-refractivity contribution is 5.77. The zero-order chi connectivity index (χ0) is 11.5. The quantitative estimate of drug-likeness (QED) is 0.633. The summed E-state index contributed by atoms with van der Waals surface area (Å²) in [7, 11) is 0. The zero-order valence-electron chi connectivity index (χ0n) is 8.77. The van der Waals surface area contributed by atoms with E-state index < -0.39 is 4.92 Å². The minimum atomic E-state index is -0.451. The van der Waals surface area contributed by atoms with Crippen molar-refractivity contribution >= 4 is 22.8 Å². The van der Waals surface area contributed by atoms with E-state index in [1.54, 1.807) is 6.07 Å². The number of nitrogens with one attached hydrogen (secondary N) is 1. The van der Waals surface area contributed by atoms with Crippen LogP contribution >= 0.6 is 0 Å². The largest absolute Gasteiger partial charge is 0.424 e. The Labute approximate surface area is 91.4 Å². The molecule has 6 nitrogen and oxygen atoms in total. The molecule has 2 rings (SSSR count). The average Bonchev–Trinajstić information content (AvgIpc) is 2.67. The van der Waals surface area contributed by atoms with E-state index in [9.17, 15) is 10.1 Å². The van der Waals surface area contributed by atoms with Gasteiger partial charge in [-0.25, -0.2) is 0 Å². The van der Waals surface area contributed by atoms with Gasteiger partial charge >= 0.3 is 0 Å². The summed E-state index contributed by atoms with van der Waals surface area (Å²) in [6.07, 6.45) is 0.957. The number of rotatable bonds is 4. The molecule has 0 radical (unpaired) electrons. The van der Waals surface area contributed by atoms with Crippen molar-refractivity contribution in [3.8, 4) is 0 Å². The van der Waals surface area contributed by atoms with Crippen LogP contribution in [0.3, 0.4) is 0 Å². The summed E-state index contributed by atoms with van der Waals surface area (Å²) >= 11 is 0. The Hall–Kier alpha value is -2.11. The van der Waals surface area contributed by atoms with Crippen molar-refractivity contribution < 1.29 is 9.34 Å².